The summed E-state index contributed by atoms with van der Waals surface area (Å²) in [7, 11) is 1.82. The summed E-state index contributed by atoms with van der Waals surface area (Å²) in [5, 5.41) is 12.3. The molecule has 1 aliphatic heterocycles. The van der Waals surface area contributed by atoms with Gasteiger partial charge in [-0.05, 0) is 36.6 Å². The largest absolute Gasteiger partial charge is 0.493 e. The van der Waals surface area contributed by atoms with Gasteiger partial charge in [-0.2, -0.15) is 5.10 Å². The smallest absolute Gasteiger partial charge is 0.324 e. The van der Waals surface area contributed by atoms with E-state index in [9.17, 15) is 4.79 Å². The van der Waals surface area contributed by atoms with Gasteiger partial charge in [0.15, 0.2) is 0 Å². The van der Waals surface area contributed by atoms with Gasteiger partial charge in [-0.1, -0.05) is 45.0 Å². The lowest BCUT2D eigenvalue weighted by Crippen LogP contribution is -2.21. The third kappa shape index (κ3) is 5.38. The summed E-state index contributed by atoms with van der Waals surface area (Å²) in [4.78, 5) is 17.2. The van der Waals surface area contributed by atoms with Crippen LogP contribution in [0.15, 0.2) is 54.7 Å². The van der Waals surface area contributed by atoms with Gasteiger partial charge >= 0.3 is 6.03 Å². The summed E-state index contributed by atoms with van der Waals surface area (Å²) in [5.41, 5.74) is 3.92. The maximum atomic E-state index is 12.9. The van der Waals surface area contributed by atoms with Crippen LogP contribution >= 0.6 is 0 Å². The minimum absolute atomic E-state index is 0.106. The van der Waals surface area contributed by atoms with E-state index in [1.54, 1.807) is 10.9 Å². The van der Waals surface area contributed by atoms with Gasteiger partial charge in [0, 0.05) is 47.5 Å². The fourth-order valence-electron chi connectivity index (χ4n) is 4.55. The van der Waals surface area contributed by atoms with Gasteiger partial charge in [0.25, 0.3) is 0 Å². The van der Waals surface area contributed by atoms with Crippen molar-refractivity contribution in [1.82, 2.24) is 14.8 Å². The van der Waals surface area contributed by atoms with Crippen molar-refractivity contribution >= 4 is 28.3 Å². The molecule has 8 nitrogen and oxygen atoms in total. The average molecular weight is 500 g/mol. The van der Waals surface area contributed by atoms with Crippen LogP contribution in [0.4, 0.5) is 16.3 Å². The molecule has 0 saturated carbocycles. The lowest BCUT2D eigenvalue weighted by molar-refractivity contribution is 0.262. The topological polar surface area (TPSA) is 90.3 Å². The molecule has 0 atom stereocenters. The van der Waals surface area contributed by atoms with Gasteiger partial charge in [0.2, 0.25) is 5.88 Å². The van der Waals surface area contributed by atoms with E-state index in [2.05, 4.69) is 41.5 Å². The van der Waals surface area contributed by atoms with E-state index >= 15 is 0 Å². The second-order valence-electron chi connectivity index (χ2n) is 10.3. The first-order chi connectivity index (χ1) is 17.8. The zero-order chi connectivity index (χ0) is 26.0. The molecule has 192 valence electrons. The molecule has 2 aromatic heterocycles. The van der Waals surface area contributed by atoms with Crippen molar-refractivity contribution in [2.24, 2.45) is 7.05 Å². The van der Waals surface area contributed by atoms with Crippen molar-refractivity contribution < 1.29 is 14.3 Å². The minimum atomic E-state index is -0.327. The van der Waals surface area contributed by atoms with E-state index in [-0.39, 0.29) is 11.4 Å². The zero-order valence-electron chi connectivity index (χ0n) is 21.8. The van der Waals surface area contributed by atoms with E-state index in [1.807, 2.05) is 55.6 Å². The molecule has 3 heterocycles. The zero-order valence-corrected chi connectivity index (χ0v) is 21.8. The van der Waals surface area contributed by atoms with Crippen molar-refractivity contribution in [2.75, 3.05) is 23.8 Å². The number of carbonyl (C=O) groups excluding carboxylic acids is 1. The summed E-state index contributed by atoms with van der Waals surface area (Å²) in [6, 6.07) is 15.3. The second kappa shape index (κ2) is 10.1. The first-order valence-electron chi connectivity index (χ1n) is 12.7. The number of urea groups is 1. The SMILES string of the molecule is Cn1nc(C(C)(C)C)cc1NC(=O)Nc1ccc(OCCc2ccnc3c2CCCO3)c2ccccc12. The third-order valence-electron chi connectivity index (χ3n) is 6.57. The highest BCUT2D eigenvalue weighted by molar-refractivity contribution is 6.07. The van der Waals surface area contributed by atoms with Crippen molar-refractivity contribution in [3.8, 4) is 11.6 Å². The molecule has 2 N–H and O–H groups in total. The lowest BCUT2D eigenvalue weighted by Gasteiger charge is -2.19. The number of pyridine rings is 1. The van der Waals surface area contributed by atoms with Gasteiger partial charge < -0.3 is 14.8 Å². The molecule has 8 heteroatoms. The van der Waals surface area contributed by atoms with Crippen LogP contribution in [0.3, 0.4) is 0 Å². The summed E-state index contributed by atoms with van der Waals surface area (Å²) in [6.07, 6.45) is 4.57. The summed E-state index contributed by atoms with van der Waals surface area (Å²) in [6.45, 7) is 7.53. The maximum absolute atomic E-state index is 12.9. The molecular formula is C29H33N5O3. The number of rotatable bonds is 6. The van der Waals surface area contributed by atoms with Crippen LogP contribution in [0, 0.1) is 0 Å². The van der Waals surface area contributed by atoms with E-state index < -0.39 is 0 Å². The van der Waals surface area contributed by atoms with Gasteiger partial charge in [-0.25, -0.2) is 9.78 Å². The Bertz CT molecular complexity index is 1440. The predicted octanol–water partition coefficient (Wildman–Crippen LogP) is 5.86. The molecule has 5 rings (SSSR count). The number of fused-ring (bicyclic) bond motifs is 2. The van der Waals surface area contributed by atoms with Crippen molar-refractivity contribution in [1.29, 1.82) is 0 Å². The van der Waals surface area contributed by atoms with E-state index in [0.717, 1.165) is 54.0 Å². The molecule has 0 spiro atoms. The Kier molecular flexibility index (Phi) is 6.74. The Morgan fingerprint density at radius 1 is 1.11 bits per heavy atom. The van der Waals surface area contributed by atoms with Gasteiger partial charge in [0.1, 0.15) is 11.6 Å². The summed E-state index contributed by atoms with van der Waals surface area (Å²) < 4.78 is 13.6. The summed E-state index contributed by atoms with van der Waals surface area (Å²) >= 11 is 0. The highest BCUT2D eigenvalue weighted by Crippen LogP contribution is 2.32. The number of nitrogens with zero attached hydrogens (tertiary/aromatic N) is 3. The predicted molar refractivity (Wildman–Crippen MR) is 146 cm³/mol. The van der Waals surface area contributed by atoms with Crippen molar-refractivity contribution in [3.05, 3.63) is 71.5 Å². The molecule has 0 bridgehead atoms. The Labute approximate surface area is 217 Å². The lowest BCUT2D eigenvalue weighted by atomic mass is 9.92. The minimum Gasteiger partial charge on any atom is -0.493 e. The van der Waals surface area contributed by atoms with Crippen molar-refractivity contribution in [2.45, 2.75) is 45.4 Å². The van der Waals surface area contributed by atoms with E-state index in [4.69, 9.17) is 9.47 Å². The second-order valence-corrected chi connectivity index (χ2v) is 10.3. The molecule has 4 aromatic rings. The Balaban J connectivity index is 1.29. The van der Waals surface area contributed by atoms with E-state index in [0.29, 0.717) is 18.1 Å². The highest BCUT2D eigenvalue weighted by Gasteiger charge is 2.20. The Morgan fingerprint density at radius 3 is 2.70 bits per heavy atom. The third-order valence-corrected chi connectivity index (χ3v) is 6.57. The van der Waals surface area contributed by atoms with Gasteiger partial charge in [0.05, 0.1) is 24.6 Å². The van der Waals surface area contributed by atoms with Crippen LogP contribution in [0.25, 0.3) is 10.8 Å². The van der Waals surface area contributed by atoms with Gasteiger partial charge in [-0.3, -0.25) is 10.00 Å². The molecule has 0 radical (unpaired) electrons. The molecule has 0 fully saturated rings. The van der Waals surface area contributed by atoms with Crippen LogP contribution in [0.1, 0.15) is 44.0 Å². The van der Waals surface area contributed by atoms with E-state index in [1.165, 1.54) is 11.1 Å². The maximum Gasteiger partial charge on any atom is 0.324 e. The first-order valence-corrected chi connectivity index (χ1v) is 12.7. The molecule has 2 aromatic carbocycles. The number of aryl methyl sites for hydroxylation is 1. The fourth-order valence-corrected chi connectivity index (χ4v) is 4.55. The van der Waals surface area contributed by atoms with Crippen LogP contribution in [0.5, 0.6) is 11.6 Å². The Hall–Kier alpha value is -4.07. The molecule has 1 aliphatic rings. The molecule has 37 heavy (non-hydrogen) atoms. The Morgan fingerprint density at radius 2 is 1.92 bits per heavy atom. The van der Waals surface area contributed by atoms with Crippen LogP contribution in [0.2, 0.25) is 0 Å². The standard InChI is InChI=1S/C29H33N5O3/c1-29(2,3)25-18-26(34(4)33-25)32-28(35)31-23-11-12-24(22-9-6-5-8-21(22)23)36-17-14-19-13-15-30-27-20(19)10-7-16-37-27/h5-6,8-9,11-13,15,18H,7,10,14,16-17H2,1-4H3,(H2,31,32,35). The molecular weight excluding hydrogens is 466 g/mol. The number of hydrogen-bond acceptors (Lipinski definition) is 5. The highest BCUT2D eigenvalue weighted by atomic mass is 16.5. The van der Waals surface area contributed by atoms with Crippen LogP contribution < -0.4 is 20.1 Å². The molecule has 0 saturated heterocycles. The van der Waals surface area contributed by atoms with Crippen LogP contribution in [-0.4, -0.2) is 34.0 Å². The summed E-state index contributed by atoms with van der Waals surface area (Å²) in [5.74, 6) is 2.17. The van der Waals surface area contributed by atoms with Crippen LogP contribution in [-0.2, 0) is 25.3 Å². The van der Waals surface area contributed by atoms with Gasteiger partial charge in [-0.15, -0.1) is 0 Å². The number of amides is 2. The number of nitrogens with one attached hydrogen (secondary N) is 2. The fraction of sp³-hybridized carbons (Fsp3) is 0.345. The first kappa shape index (κ1) is 24.6. The quantitative estimate of drug-likeness (QED) is 0.347. The number of carbonyl (C=O) groups is 1. The number of benzene rings is 2. The number of hydrogen-bond donors (Lipinski definition) is 2. The number of ether oxygens (including phenoxy) is 2. The molecule has 0 unspecified atom stereocenters. The average Bonchev–Trinajstić information content (AvgIpc) is 3.26. The molecule has 2 amide bonds. The molecule has 0 aliphatic carbocycles. The number of aromatic nitrogens is 3. The monoisotopic (exact) mass is 499 g/mol. The number of anilines is 2. The van der Waals surface area contributed by atoms with Crippen molar-refractivity contribution in [3.63, 3.8) is 0 Å². The normalized spacial score (nSPS) is 13.1.